The van der Waals surface area contributed by atoms with E-state index in [4.69, 9.17) is 0 Å². The summed E-state index contributed by atoms with van der Waals surface area (Å²) >= 11 is 3.59. The zero-order chi connectivity index (χ0) is 20.1. The number of nitrogens with one attached hydrogen (secondary N) is 1. The van der Waals surface area contributed by atoms with Gasteiger partial charge in [0.25, 0.3) is 5.91 Å². The molecule has 158 valence electrons. The van der Waals surface area contributed by atoms with Crippen molar-refractivity contribution in [1.29, 1.82) is 0 Å². The van der Waals surface area contributed by atoms with E-state index in [0.29, 0.717) is 12.1 Å². The van der Waals surface area contributed by atoms with E-state index in [9.17, 15) is 4.79 Å². The van der Waals surface area contributed by atoms with Gasteiger partial charge in [0.05, 0.1) is 11.3 Å². The molecule has 2 unspecified atom stereocenters. The van der Waals surface area contributed by atoms with Crippen LogP contribution in [0.15, 0.2) is 53.0 Å². The molecule has 3 heterocycles. The van der Waals surface area contributed by atoms with Crippen molar-refractivity contribution < 1.29 is 4.79 Å². The lowest BCUT2D eigenvalue weighted by Gasteiger charge is -2.36. The molecule has 1 amide bonds. The van der Waals surface area contributed by atoms with Crippen LogP contribution in [0.4, 0.5) is 0 Å². The molecule has 2 aromatic carbocycles. The van der Waals surface area contributed by atoms with E-state index in [-0.39, 0.29) is 24.4 Å². The number of aryl methyl sites for hydroxylation is 1. The Kier molecular flexibility index (Phi) is 5.97. The molecular weight excluding hydrogens is 462 g/mol. The van der Waals surface area contributed by atoms with Gasteiger partial charge in [-0.3, -0.25) is 4.79 Å². The third-order valence-corrected chi connectivity index (χ3v) is 7.36. The molecule has 0 spiro atoms. The van der Waals surface area contributed by atoms with Crippen LogP contribution in [0.5, 0.6) is 0 Å². The average Bonchev–Trinajstić information content (AvgIpc) is 3.09. The maximum absolute atomic E-state index is 13.6. The minimum atomic E-state index is 0. The lowest BCUT2D eigenvalue weighted by atomic mass is 9.97. The lowest BCUT2D eigenvalue weighted by molar-refractivity contribution is 0.0884. The Morgan fingerprint density at radius 1 is 1.03 bits per heavy atom. The van der Waals surface area contributed by atoms with Gasteiger partial charge in [0.2, 0.25) is 0 Å². The fourth-order valence-electron chi connectivity index (χ4n) is 5.37. The van der Waals surface area contributed by atoms with Gasteiger partial charge in [-0.2, -0.15) is 0 Å². The van der Waals surface area contributed by atoms with E-state index in [0.717, 1.165) is 45.0 Å². The van der Waals surface area contributed by atoms with Crippen LogP contribution in [-0.4, -0.2) is 40.5 Å². The number of carbonyl (C=O) groups is 1. The third kappa shape index (κ3) is 3.57. The van der Waals surface area contributed by atoms with Crippen LogP contribution in [0.1, 0.15) is 36.0 Å². The molecule has 6 heteroatoms. The van der Waals surface area contributed by atoms with Crippen molar-refractivity contribution in [3.8, 4) is 11.3 Å². The summed E-state index contributed by atoms with van der Waals surface area (Å²) in [5.74, 6) is 0.0431. The highest BCUT2D eigenvalue weighted by Gasteiger charge is 2.39. The number of fused-ring (bicyclic) bond motifs is 3. The summed E-state index contributed by atoms with van der Waals surface area (Å²) in [6, 6.07) is 17.9. The topological polar surface area (TPSA) is 37.3 Å². The number of carbonyl (C=O) groups excluding carboxylic acids is 1. The van der Waals surface area contributed by atoms with Gasteiger partial charge < -0.3 is 14.8 Å². The van der Waals surface area contributed by atoms with Gasteiger partial charge in [-0.25, -0.2) is 0 Å². The molecule has 2 aliphatic heterocycles. The summed E-state index contributed by atoms with van der Waals surface area (Å²) in [6.45, 7) is 0. The molecular formula is C24H27BrClN3O. The van der Waals surface area contributed by atoms with E-state index < -0.39 is 0 Å². The Morgan fingerprint density at radius 2 is 1.70 bits per heavy atom. The first-order chi connectivity index (χ1) is 14.0. The SMILES string of the molecule is CN1C2CCC1CC(NC(=O)c1c(-c3ccccc3)n(C)c3ccc(Br)cc13)C2.Cl. The van der Waals surface area contributed by atoms with Gasteiger partial charge in [0.1, 0.15) is 0 Å². The van der Waals surface area contributed by atoms with Crippen molar-refractivity contribution in [2.24, 2.45) is 7.05 Å². The fraction of sp³-hybridized carbons (Fsp3) is 0.375. The minimum absolute atomic E-state index is 0. The smallest absolute Gasteiger partial charge is 0.254 e. The number of rotatable bonds is 3. The third-order valence-electron chi connectivity index (χ3n) is 6.87. The maximum Gasteiger partial charge on any atom is 0.254 e. The number of piperidine rings is 1. The normalized spacial score (nSPS) is 23.4. The van der Waals surface area contributed by atoms with Crippen LogP contribution in [-0.2, 0) is 7.05 Å². The molecule has 0 aliphatic carbocycles. The minimum Gasteiger partial charge on any atom is -0.349 e. The molecule has 0 saturated carbocycles. The second-order valence-electron chi connectivity index (χ2n) is 8.50. The van der Waals surface area contributed by atoms with Crippen LogP contribution >= 0.6 is 28.3 Å². The fourth-order valence-corrected chi connectivity index (χ4v) is 5.73. The van der Waals surface area contributed by atoms with E-state index in [2.05, 4.69) is 62.0 Å². The number of hydrogen-bond donors (Lipinski definition) is 1. The predicted octanol–water partition coefficient (Wildman–Crippen LogP) is 5.38. The Hall–Kier alpha value is -1.82. The Bertz CT molecular complexity index is 1070. The van der Waals surface area contributed by atoms with Crippen molar-refractivity contribution in [3.63, 3.8) is 0 Å². The number of nitrogens with zero attached hydrogens (tertiary/aromatic N) is 2. The van der Waals surface area contributed by atoms with Gasteiger partial charge in [0, 0.05) is 40.5 Å². The first-order valence-corrected chi connectivity index (χ1v) is 11.2. The van der Waals surface area contributed by atoms with E-state index in [1.807, 2.05) is 31.3 Å². The number of hydrogen-bond acceptors (Lipinski definition) is 2. The van der Waals surface area contributed by atoms with E-state index >= 15 is 0 Å². The van der Waals surface area contributed by atoms with Crippen molar-refractivity contribution in [1.82, 2.24) is 14.8 Å². The van der Waals surface area contributed by atoms with Crippen LogP contribution < -0.4 is 5.32 Å². The highest BCUT2D eigenvalue weighted by atomic mass is 79.9. The molecule has 2 atom stereocenters. The molecule has 2 fully saturated rings. The lowest BCUT2D eigenvalue weighted by Crippen LogP contribution is -2.48. The van der Waals surface area contributed by atoms with Crippen molar-refractivity contribution in [2.75, 3.05) is 7.05 Å². The van der Waals surface area contributed by atoms with Crippen molar-refractivity contribution >= 4 is 45.1 Å². The average molecular weight is 489 g/mol. The molecule has 4 nitrogen and oxygen atoms in total. The molecule has 2 saturated heterocycles. The second kappa shape index (κ2) is 8.37. The van der Waals surface area contributed by atoms with Crippen LogP contribution in [0.2, 0.25) is 0 Å². The quantitative estimate of drug-likeness (QED) is 0.537. The monoisotopic (exact) mass is 487 g/mol. The van der Waals surface area contributed by atoms with Crippen molar-refractivity contribution in [2.45, 2.75) is 43.8 Å². The first-order valence-electron chi connectivity index (χ1n) is 10.4. The van der Waals surface area contributed by atoms with Gasteiger partial charge in [0.15, 0.2) is 0 Å². The molecule has 30 heavy (non-hydrogen) atoms. The predicted molar refractivity (Wildman–Crippen MR) is 128 cm³/mol. The summed E-state index contributed by atoms with van der Waals surface area (Å²) in [6.07, 6.45) is 4.61. The summed E-state index contributed by atoms with van der Waals surface area (Å²) in [7, 11) is 4.28. The van der Waals surface area contributed by atoms with Gasteiger partial charge in [-0.15, -0.1) is 12.4 Å². The number of benzene rings is 2. The van der Waals surface area contributed by atoms with Crippen molar-refractivity contribution in [3.05, 3.63) is 58.6 Å². The Labute approximate surface area is 192 Å². The second-order valence-corrected chi connectivity index (χ2v) is 9.42. The summed E-state index contributed by atoms with van der Waals surface area (Å²) in [5, 5.41) is 4.39. The molecule has 0 radical (unpaired) electrons. The summed E-state index contributed by atoms with van der Waals surface area (Å²) in [4.78, 5) is 16.1. The maximum atomic E-state index is 13.6. The highest BCUT2D eigenvalue weighted by Crippen LogP contribution is 2.37. The highest BCUT2D eigenvalue weighted by molar-refractivity contribution is 9.10. The van der Waals surface area contributed by atoms with Crippen LogP contribution in [0, 0.1) is 0 Å². The number of amides is 1. The molecule has 3 aromatic rings. The first kappa shape index (κ1) is 21.4. The molecule has 1 aromatic heterocycles. The molecule has 2 aliphatic rings. The zero-order valence-corrected chi connectivity index (χ0v) is 19.7. The Morgan fingerprint density at radius 3 is 2.37 bits per heavy atom. The summed E-state index contributed by atoms with van der Waals surface area (Å²) in [5.41, 5.74) is 3.89. The standard InChI is InChI=1S/C24H26BrN3O.ClH/c1-27-18-9-10-19(27)14-17(13-18)26-24(29)22-20-12-16(25)8-11-21(20)28(2)23(22)15-6-4-3-5-7-15;/h3-8,11-12,17-19H,9-10,13-14H2,1-2H3,(H,26,29);1H. The number of aromatic nitrogens is 1. The summed E-state index contributed by atoms with van der Waals surface area (Å²) < 4.78 is 3.13. The molecule has 2 bridgehead atoms. The molecule has 1 N–H and O–H groups in total. The number of halogens is 2. The van der Waals surface area contributed by atoms with E-state index in [1.165, 1.54) is 12.8 Å². The van der Waals surface area contributed by atoms with Gasteiger partial charge in [-0.05, 0) is 56.5 Å². The van der Waals surface area contributed by atoms with Crippen LogP contribution in [0.25, 0.3) is 22.2 Å². The largest absolute Gasteiger partial charge is 0.349 e. The van der Waals surface area contributed by atoms with Gasteiger partial charge >= 0.3 is 0 Å². The van der Waals surface area contributed by atoms with E-state index in [1.54, 1.807) is 0 Å². The van der Waals surface area contributed by atoms with Gasteiger partial charge in [-0.1, -0.05) is 46.3 Å². The zero-order valence-electron chi connectivity index (χ0n) is 17.3. The Balaban J connectivity index is 0.00000218. The molecule has 5 rings (SSSR count). The van der Waals surface area contributed by atoms with Crippen LogP contribution in [0.3, 0.4) is 0 Å².